The number of nitrogens with two attached hydrogens (primary N) is 2. The van der Waals surface area contributed by atoms with Gasteiger partial charge in [-0.1, -0.05) is 12.1 Å². The Morgan fingerprint density at radius 2 is 2.12 bits per heavy atom. The van der Waals surface area contributed by atoms with E-state index in [9.17, 15) is 9.59 Å². The van der Waals surface area contributed by atoms with E-state index in [0.717, 1.165) is 11.3 Å². The van der Waals surface area contributed by atoms with E-state index in [4.69, 9.17) is 16.6 Å². The van der Waals surface area contributed by atoms with Crippen LogP contribution in [0.1, 0.15) is 22.3 Å². The van der Waals surface area contributed by atoms with Gasteiger partial charge in [-0.3, -0.25) is 9.59 Å². The first-order chi connectivity index (χ1) is 11.8. The molecule has 0 bridgehead atoms. The molecule has 1 atom stereocenters. The number of carbonyl (C=O) groups is 2. The molecule has 1 aromatic carbocycles. The van der Waals surface area contributed by atoms with Crippen molar-refractivity contribution >= 4 is 29.3 Å². The van der Waals surface area contributed by atoms with Crippen LogP contribution in [0.4, 0.5) is 17.5 Å². The summed E-state index contributed by atoms with van der Waals surface area (Å²) < 4.78 is 0. The summed E-state index contributed by atoms with van der Waals surface area (Å²) >= 11 is 0. The molecule has 0 saturated heterocycles. The summed E-state index contributed by atoms with van der Waals surface area (Å²) in [5.74, 6) is -1.19. The molecule has 0 aliphatic heterocycles. The second-order valence-corrected chi connectivity index (χ2v) is 5.55. The number of aromatic nitrogens is 2. The predicted octanol–water partition coefficient (Wildman–Crippen LogP) is 0.841. The van der Waals surface area contributed by atoms with E-state index < -0.39 is 17.9 Å². The summed E-state index contributed by atoms with van der Waals surface area (Å²) in [5.41, 5.74) is 13.0. The van der Waals surface area contributed by atoms with Gasteiger partial charge in [0.2, 0.25) is 5.95 Å². The maximum Gasteiger partial charge on any atom is 0.304 e. The Morgan fingerprint density at radius 3 is 2.76 bits per heavy atom. The second kappa shape index (κ2) is 8.06. The van der Waals surface area contributed by atoms with E-state index >= 15 is 0 Å². The van der Waals surface area contributed by atoms with Crippen LogP contribution in [0.15, 0.2) is 30.5 Å². The molecule has 7 N–H and O–H groups in total. The monoisotopic (exact) mass is 344 g/mol. The molecule has 0 aliphatic rings. The first-order valence-corrected chi connectivity index (χ1v) is 7.57. The fraction of sp³-hybridized carbons (Fsp3) is 0.250. The third-order valence-electron chi connectivity index (χ3n) is 3.29. The Morgan fingerprint density at radius 1 is 1.36 bits per heavy atom. The summed E-state index contributed by atoms with van der Waals surface area (Å²) in [6.07, 6.45) is 1.12. The Balaban J connectivity index is 2.18. The van der Waals surface area contributed by atoms with Crippen LogP contribution in [-0.2, 0) is 4.79 Å². The number of amides is 1. The van der Waals surface area contributed by atoms with Crippen LogP contribution in [0.5, 0.6) is 0 Å². The molecule has 1 amide bonds. The minimum atomic E-state index is -0.985. The molecule has 9 heteroatoms. The summed E-state index contributed by atoms with van der Waals surface area (Å²) in [5, 5.41) is 14.6. The summed E-state index contributed by atoms with van der Waals surface area (Å²) in [6.45, 7) is 2.11. The second-order valence-electron chi connectivity index (χ2n) is 5.55. The van der Waals surface area contributed by atoms with Gasteiger partial charge in [-0.2, -0.15) is 4.98 Å². The smallest absolute Gasteiger partial charge is 0.304 e. The van der Waals surface area contributed by atoms with Gasteiger partial charge in [0.15, 0.2) is 0 Å². The zero-order valence-electron chi connectivity index (χ0n) is 13.7. The third-order valence-corrected chi connectivity index (χ3v) is 3.29. The predicted molar refractivity (Wildman–Crippen MR) is 93.7 cm³/mol. The lowest BCUT2D eigenvalue weighted by Gasteiger charge is -2.13. The number of nitrogens with one attached hydrogen (secondary N) is 2. The molecule has 9 nitrogen and oxygen atoms in total. The highest BCUT2D eigenvalue weighted by atomic mass is 16.4. The van der Waals surface area contributed by atoms with Crippen LogP contribution >= 0.6 is 0 Å². The number of hydrogen-bond acceptors (Lipinski definition) is 7. The average molecular weight is 344 g/mol. The molecule has 2 aromatic rings. The van der Waals surface area contributed by atoms with Gasteiger partial charge in [-0.05, 0) is 24.6 Å². The number of hydrogen-bond donors (Lipinski definition) is 5. The third kappa shape index (κ3) is 5.43. The summed E-state index contributed by atoms with van der Waals surface area (Å²) in [6, 6.07) is 6.94. The van der Waals surface area contributed by atoms with E-state index in [1.54, 1.807) is 0 Å². The van der Waals surface area contributed by atoms with Crippen molar-refractivity contribution < 1.29 is 14.7 Å². The van der Waals surface area contributed by atoms with Gasteiger partial charge in [0.25, 0.3) is 5.91 Å². The fourth-order valence-electron chi connectivity index (χ4n) is 2.12. The van der Waals surface area contributed by atoms with Crippen molar-refractivity contribution in [2.24, 2.45) is 11.5 Å². The topological polar surface area (TPSA) is 156 Å². The van der Waals surface area contributed by atoms with E-state index in [1.807, 2.05) is 31.2 Å². The Kier molecular flexibility index (Phi) is 5.85. The van der Waals surface area contributed by atoms with Crippen LogP contribution in [0, 0.1) is 6.92 Å². The Hall–Kier alpha value is -3.20. The first-order valence-electron chi connectivity index (χ1n) is 7.57. The van der Waals surface area contributed by atoms with Crippen molar-refractivity contribution in [3.05, 3.63) is 41.6 Å². The lowest BCUT2D eigenvalue weighted by atomic mass is 10.2. The molecule has 2 rings (SSSR count). The van der Waals surface area contributed by atoms with E-state index in [1.165, 1.54) is 6.20 Å². The zero-order chi connectivity index (χ0) is 18.4. The van der Waals surface area contributed by atoms with Crippen molar-refractivity contribution in [2.75, 3.05) is 17.2 Å². The van der Waals surface area contributed by atoms with Gasteiger partial charge in [-0.15, -0.1) is 0 Å². The number of nitrogens with zero attached hydrogens (tertiary/aromatic N) is 2. The largest absolute Gasteiger partial charge is 0.481 e. The number of primary amides is 1. The SMILES string of the molecule is Cc1cccc(Nc2nc(NC[C@@H](N)CC(=O)O)ncc2C(N)=O)c1. The molecule has 1 aromatic heterocycles. The Labute approximate surface area is 144 Å². The normalized spacial score (nSPS) is 11.6. The molecule has 1 heterocycles. The quantitative estimate of drug-likeness (QED) is 0.471. The van der Waals surface area contributed by atoms with Crippen molar-refractivity contribution in [1.82, 2.24) is 9.97 Å². The maximum atomic E-state index is 11.6. The minimum absolute atomic E-state index is 0.141. The van der Waals surface area contributed by atoms with E-state index in [-0.39, 0.29) is 30.3 Å². The van der Waals surface area contributed by atoms with Gasteiger partial charge in [0, 0.05) is 24.5 Å². The lowest BCUT2D eigenvalue weighted by Crippen LogP contribution is -2.32. The average Bonchev–Trinajstić information content (AvgIpc) is 2.52. The highest BCUT2D eigenvalue weighted by Gasteiger charge is 2.14. The summed E-state index contributed by atoms with van der Waals surface area (Å²) in [4.78, 5) is 30.4. The Bertz CT molecular complexity index is 780. The van der Waals surface area contributed by atoms with Crippen molar-refractivity contribution in [3.8, 4) is 0 Å². The zero-order valence-corrected chi connectivity index (χ0v) is 13.7. The van der Waals surface area contributed by atoms with Crippen molar-refractivity contribution in [3.63, 3.8) is 0 Å². The number of aliphatic carboxylic acids is 1. The molecular weight excluding hydrogens is 324 g/mol. The molecular formula is C16H20N6O3. The molecule has 0 saturated carbocycles. The molecule has 25 heavy (non-hydrogen) atoms. The molecule has 132 valence electrons. The summed E-state index contributed by atoms with van der Waals surface area (Å²) in [7, 11) is 0. The van der Waals surface area contributed by atoms with Gasteiger partial charge < -0.3 is 27.2 Å². The lowest BCUT2D eigenvalue weighted by molar-refractivity contribution is -0.137. The van der Waals surface area contributed by atoms with Crippen LogP contribution < -0.4 is 22.1 Å². The van der Waals surface area contributed by atoms with Crippen LogP contribution in [0.25, 0.3) is 0 Å². The van der Waals surface area contributed by atoms with Gasteiger partial charge in [0.1, 0.15) is 11.4 Å². The number of rotatable bonds is 8. The molecule has 0 aliphatic carbocycles. The van der Waals surface area contributed by atoms with Gasteiger partial charge in [0.05, 0.1) is 6.42 Å². The minimum Gasteiger partial charge on any atom is -0.481 e. The fourth-order valence-corrected chi connectivity index (χ4v) is 2.12. The van der Waals surface area contributed by atoms with Crippen LogP contribution in [0.2, 0.25) is 0 Å². The number of carboxylic acid groups (broad SMARTS) is 1. The molecule has 0 fully saturated rings. The van der Waals surface area contributed by atoms with Crippen molar-refractivity contribution in [1.29, 1.82) is 0 Å². The number of anilines is 3. The number of carbonyl (C=O) groups excluding carboxylic acids is 1. The maximum absolute atomic E-state index is 11.6. The van der Waals surface area contributed by atoms with E-state index in [2.05, 4.69) is 20.6 Å². The van der Waals surface area contributed by atoms with Gasteiger partial charge >= 0.3 is 5.97 Å². The number of aryl methyl sites for hydroxylation is 1. The number of benzene rings is 1. The standard InChI is InChI=1S/C16H20N6O3/c1-9-3-2-4-11(5-9)21-15-12(14(18)25)8-20-16(22-15)19-7-10(17)6-13(23)24/h2-5,8,10H,6-7,17H2,1H3,(H2,18,25)(H,23,24)(H2,19,20,21,22)/t10-/m0/s1. The van der Waals surface area contributed by atoms with Crippen molar-refractivity contribution in [2.45, 2.75) is 19.4 Å². The molecule has 0 unspecified atom stereocenters. The van der Waals surface area contributed by atoms with Crippen LogP contribution in [-0.4, -0.2) is 39.5 Å². The highest BCUT2D eigenvalue weighted by Crippen LogP contribution is 2.20. The molecule has 0 radical (unpaired) electrons. The van der Waals surface area contributed by atoms with Gasteiger partial charge in [-0.25, -0.2) is 4.98 Å². The highest BCUT2D eigenvalue weighted by molar-refractivity contribution is 5.98. The van der Waals surface area contributed by atoms with Crippen LogP contribution in [0.3, 0.4) is 0 Å². The first kappa shape index (κ1) is 18.1. The van der Waals surface area contributed by atoms with E-state index in [0.29, 0.717) is 0 Å². The molecule has 0 spiro atoms. The number of carboxylic acids is 1.